The van der Waals surface area contributed by atoms with E-state index in [1.165, 1.54) is 0 Å². The van der Waals surface area contributed by atoms with Crippen molar-refractivity contribution in [3.05, 3.63) is 86.5 Å². The highest BCUT2D eigenvalue weighted by Gasteiger charge is 2.44. The number of allylic oxidation sites excluding steroid dienone is 5. The van der Waals surface area contributed by atoms with E-state index in [2.05, 4.69) is 24.3 Å². The second-order valence-electron chi connectivity index (χ2n) is 9.61. The van der Waals surface area contributed by atoms with Crippen LogP contribution in [0.1, 0.15) is 60.1 Å². The molecule has 36 heavy (non-hydrogen) atoms. The number of nitrogens with zero attached hydrogens (tertiary/aromatic N) is 6. The molecule has 168 valence electrons. The van der Waals surface area contributed by atoms with E-state index in [0.29, 0.717) is 33.4 Å². The molecule has 0 spiro atoms. The largest absolute Gasteiger partial charge is 0.197 e. The van der Waals surface area contributed by atoms with Crippen LogP contribution < -0.4 is 0 Å². The SMILES string of the molecule is CC(C)(C)C1=C(C2=Cc3ccc(C#N)cc3C2=C(C#N)C#N)c2ccc(C#N)cc2C1C(C#N)C#N. The summed E-state index contributed by atoms with van der Waals surface area (Å²) in [4.78, 5) is 0. The van der Waals surface area contributed by atoms with E-state index in [9.17, 15) is 31.6 Å². The first-order valence-electron chi connectivity index (χ1n) is 11.1. The molecule has 2 aromatic carbocycles. The third-order valence-corrected chi connectivity index (χ3v) is 6.55. The lowest BCUT2D eigenvalue weighted by molar-refractivity contribution is 0.455. The van der Waals surface area contributed by atoms with Crippen molar-refractivity contribution >= 4 is 17.2 Å². The summed E-state index contributed by atoms with van der Waals surface area (Å²) in [5, 5.41) is 58.5. The van der Waals surface area contributed by atoms with Crippen LogP contribution in [0.2, 0.25) is 0 Å². The van der Waals surface area contributed by atoms with Crippen LogP contribution in [0.5, 0.6) is 0 Å². The molecule has 0 N–H and O–H groups in total. The fourth-order valence-corrected chi connectivity index (χ4v) is 5.17. The minimum absolute atomic E-state index is 0.0911. The third kappa shape index (κ3) is 3.53. The van der Waals surface area contributed by atoms with Gasteiger partial charge in [0.1, 0.15) is 23.6 Å². The maximum absolute atomic E-state index is 9.89. The maximum Gasteiger partial charge on any atom is 0.143 e. The van der Waals surface area contributed by atoms with Crippen LogP contribution in [0.3, 0.4) is 0 Å². The summed E-state index contributed by atoms with van der Waals surface area (Å²) in [5.41, 5.74) is 5.67. The van der Waals surface area contributed by atoms with Crippen LogP contribution >= 0.6 is 0 Å². The molecule has 2 aromatic rings. The molecule has 6 nitrogen and oxygen atoms in total. The Morgan fingerprint density at radius 1 is 0.806 bits per heavy atom. The predicted octanol–water partition coefficient (Wildman–Crippen LogP) is 5.89. The zero-order chi connectivity index (χ0) is 26.2. The van der Waals surface area contributed by atoms with E-state index in [0.717, 1.165) is 22.3 Å². The normalized spacial score (nSPS) is 15.4. The second kappa shape index (κ2) is 8.75. The smallest absolute Gasteiger partial charge is 0.143 e. The van der Waals surface area contributed by atoms with Gasteiger partial charge in [-0.1, -0.05) is 32.9 Å². The third-order valence-electron chi connectivity index (χ3n) is 6.55. The molecule has 0 saturated heterocycles. The van der Waals surface area contributed by atoms with Gasteiger partial charge in [0.05, 0.1) is 35.4 Å². The molecule has 1 atom stereocenters. The first-order valence-corrected chi connectivity index (χ1v) is 11.1. The molecule has 1 unspecified atom stereocenters. The summed E-state index contributed by atoms with van der Waals surface area (Å²) < 4.78 is 0. The molecular formula is C30H18N6. The van der Waals surface area contributed by atoms with Crippen molar-refractivity contribution in [2.75, 3.05) is 0 Å². The van der Waals surface area contributed by atoms with E-state index >= 15 is 0 Å². The highest BCUT2D eigenvalue weighted by atomic mass is 14.5. The van der Waals surface area contributed by atoms with Crippen LogP contribution in [0.25, 0.3) is 17.2 Å². The fraction of sp³-hybridized carbons (Fsp3) is 0.200. The van der Waals surface area contributed by atoms with Gasteiger partial charge >= 0.3 is 0 Å². The second-order valence-corrected chi connectivity index (χ2v) is 9.61. The van der Waals surface area contributed by atoms with Gasteiger partial charge < -0.3 is 0 Å². The van der Waals surface area contributed by atoms with Gasteiger partial charge in [-0.3, -0.25) is 0 Å². The Bertz CT molecular complexity index is 1650. The van der Waals surface area contributed by atoms with Crippen LogP contribution in [0.15, 0.2) is 53.1 Å². The molecule has 2 aliphatic rings. The molecule has 0 heterocycles. The van der Waals surface area contributed by atoms with Gasteiger partial charge in [-0.15, -0.1) is 0 Å². The lowest BCUT2D eigenvalue weighted by atomic mass is 9.72. The van der Waals surface area contributed by atoms with Crippen molar-refractivity contribution in [2.24, 2.45) is 11.3 Å². The van der Waals surface area contributed by atoms with Gasteiger partial charge in [-0.25, -0.2) is 0 Å². The van der Waals surface area contributed by atoms with Gasteiger partial charge in [-0.2, -0.15) is 31.6 Å². The first kappa shape index (κ1) is 23.7. The van der Waals surface area contributed by atoms with Gasteiger partial charge in [0, 0.05) is 11.5 Å². The number of nitriles is 6. The Morgan fingerprint density at radius 2 is 1.42 bits per heavy atom. The molecule has 0 fully saturated rings. The lowest BCUT2D eigenvalue weighted by Crippen LogP contribution is -2.20. The summed E-state index contributed by atoms with van der Waals surface area (Å²) in [6, 6.07) is 22.8. The van der Waals surface area contributed by atoms with Crippen molar-refractivity contribution in [3.63, 3.8) is 0 Å². The summed E-state index contributed by atoms with van der Waals surface area (Å²) in [5.74, 6) is -1.59. The van der Waals surface area contributed by atoms with Gasteiger partial charge in [-0.05, 0) is 74.7 Å². The molecule has 0 bridgehead atoms. The predicted molar refractivity (Wildman–Crippen MR) is 132 cm³/mol. The van der Waals surface area contributed by atoms with Crippen LogP contribution in [-0.2, 0) is 0 Å². The highest BCUT2D eigenvalue weighted by Crippen LogP contribution is 2.58. The van der Waals surface area contributed by atoms with E-state index in [-0.39, 0.29) is 5.57 Å². The van der Waals surface area contributed by atoms with Crippen molar-refractivity contribution in [2.45, 2.75) is 26.7 Å². The van der Waals surface area contributed by atoms with E-state index in [4.69, 9.17) is 0 Å². The van der Waals surface area contributed by atoms with Gasteiger partial charge in [0.15, 0.2) is 0 Å². The Morgan fingerprint density at radius 3 is 1.97 bits per heavy atom. The average molecular weight is 463 g/mol. The highest BCUT2D eigenvalue weighted by molar-refractivity contribution is 6.12. The minimum atomic E-state index is -1.00. The van der Waals surface area contributed by atoms with Crippen LogP contribution in [0.4, 0.5) is 0 Å². The molecule has 0 radical (unpaired) electrons. The van der Waals surface area contributed by atoms with Crippen molar-refractivity contribution < 1.29 is 0 Å². The van der Waals surface area contributed by atoms with E-state index in [1.807, 2.05) is 39.0 Å². The topological polar surface area (TPSA) is 143 Å². The zero-order valence-electron chi connectivity index (χ0n) is 19.9. The Labute approximate surface area is 209 Å². The summed E-state index contributed by atoms with van der Waals surface area (Å²) in [6.07, 6.45) is 1.89. The Kier molecular flexibility index (Phi) is 5.77. The summed E-state index contributed by atoms with van der Waals surface area (Å²) >= 11 is 0. The number of hydrogen-bond acceptors (Lipinski definition) is 6. The molecule has 4 rings (SSSR count). The van der Waals surface area contributed by atoms with Crippen molar-refractivity contribution in [1.82, 2.24) is 0 Å². The average Bonchev–Trinajstić information content (AvgIpc) is 3.41. The quantitative estimate of drug-likeness (QED) is 0.509. The zero-order valence-corrected chi connectivity index (χ0v) is 19.9. The van der Waals surface area contributed by atoms with Crippen molar-refractivity contribution in [1.29, 1.82) is 31.6 Å². The summed E-state index contributed by atoms with van der Waals surface area (Å²) in [7, 11) is 0. The molecule has 0 aliphatic heterocycles. The van der Waals surface area contributed by atoms with E-state index < -0.39 is 17.3 Å². The van der Waals surface area contributed by atoms with Gasteiger partial charge in [0.2, 0.25) is 0 Å². The Hall–Kier alpha value is -5.40. The lowest BCUT2D eigenvalue weighted by Gasteiger charge is -2.30. The van der Waals surface area contributed by atoms with E-state index in [1.54, 1.807) is 36.4 Å². The number of rotatable bonds is 2. The molecule has 0 aromatic heterocycles. The number of hydrogen-bond donors (Lipinski definition) is 0. The maximum atomic E-state index is 9.89. The van der Waals surface area contributed by atoms with Crippen LogP contribution in [-0.4, -0.2) is 0 Å². The molecule has 0 saturated carbocycles. The monoisotopic (exact) mass is 462 g/mol. The molecule has 0 amide bonds. The van der Waals surface area contributed by atoms with Crippen molar-refractivity contribution in [3.8, 4) is 36.4 Å². The standard InChI is InChI=1S/C30H18N6/c1-30(2,3)29-27(21(15-35)16-36)24-9-18(12-32)5-7-22(24)28(29)25-10-19-6-4-17(11-31)8-23(19)26(25)20(13-33)14-34/h4-10,21,27H,1-3H3. The molecule has 2 aliphatic carbocycles. The molecular weight excluding hydrogens is 444 g/mol. The summed E-state index contributed by atoms with van der Waals surface area (Å²) in [6.45, 7) is 5.98. The Balaban J connectivity index is 2.16. The molecule has 6 heteroatoms. The number of fused-ring (bicyclic) bond motifs is 2. The minimum Gasteiger partial charge on any atom is -0.197 e. The van der Waals surface area contributed by atoms with Gasteiger partial charge in [0.25, 0.3) is 0 Å². The first-order chi connectivity index (χ1) is 17.2. The number of benzene rings is 2. The van der Waals surface area contributed by atoms with Crippen LogP contribution in [0, 0.1) is 79.3 Å². The fourth-order valence-electron chi connectivity index (χ4n) is 5.17.